The fourth-order valence-electron chi connectivity index (χ4n) is 1.19. The van der Waals surface area contributed by atoms with Crippen molar-refractivity contribution < 1.29 is 14.6 Å². The maximum absolute atomic E-state index is 11.3. The summed E-state index contributed by atoms with van der Waals surface area (Å²) in [4.78, 5) is 9.31. The number of phenolic OH excluding ortho intramolecular Hbond substituents is 1. The van der Waals surface area contributed by atoms with Gasteiger partial charge in [-0.25, -0.2) is 0 Å². The molecule has 0 fully saturated rings. The van der Waals surface area contributed by atoms with E-state index in [4.69, 9.17) is 0 Å². The van der Waals surface area contributed by atoms with Crippen LogP contribution in [-0.4, -0.2) is 22.3 Å². The molecule has 0 saturated carbocycles. The second-order valence-electron chi connectivity index (χ2n) is 3.67. The van der Waals surface area contributed by atoms with Gasteiger partial charge in [0.2, 0.25) is 7.37 Å². The molecule has 0 aromatic heterocycles. The first-order valence-corrected chi connectivity index (χ1v) is 6.65. The molecule has 3 nitrogen and oxygen atoms in total. The quantitative estimate of drug-likeness (QED) is 0.758. The smallest absolute Gasteiger partial charge is 0.200 e. The zero-order valence-electron chi connectivity index (χ0n) is 8.34. The third-order valence-corrected chi connectivity index (χ3v) is 4.08. The molecule has 4 heteroatoms. The Kier molecular flexibility index (Phi) is 3.35. The Morgan fingerprint density at radius 3 is 2.64 bits per heavy atom. The van der Waals surface area contributed by atoms with Gasteiger partial charge >= 0.3 is 0 Å². The van der Waals surface area contributed by atoms with E-state index < -0.39 is 7.37 Å². The molecule has 0 radical (unpaired) electrons. The third-order valence-electron chi connectivity index (χ3n) is 2.26. The van der Waals surface area contributed by atoms with Gasteiger partial charge in [-0.05, 0) is 24.1 Å². The van der Waals surface area contributed by atoms with Crippen molar-refractivity contribution in [2.75, 3.05) is 6.66 Å². The first kappa shape index (κ1) is 11.3. The molecule has 2 atom stereocenters. The molecule has 0 amide bonds. The molecular weight excluding hydrogens is 199 g/mol. The minimum atomic E-state index is -3.02. The lowest BCUT2D eigenvalue weighted by Crippen LogP contribution is -2.06. The Balaban J connectivity index is 2.75. The van der Waals surface area contributed by atoms with Crippen LogP contribution in [0.2, 0.25) is 0 Å². The Morgan fingerprint density at radius 1 is 1.50 bits per heavy atom. The molecule has 0 saturated heterocycles. The van der Waals surface area contributed by atoms with Gasteiger partial charge in [0.1, 0.15) is 5.75 Å². The number of hydrogen-bond acceptors (Lipinski definition) is 2. The van der Waals surface area contributed by atoms with E-state index in [0.29, 0.717) is 6.42 Å². The summed E-state index contributed by atoms with van der Waals surface area (Å²) >= 11 is 0. The van der Waals surface area contributed by atoms with E-state index in [2.05, 4.69) is 0 Å². The number of aromatic hydroxyl groups is 1. The topological polar surface area (TPSA) is 57.5 Å². The Hall–Kier alpha value is -0.790. The first-order chi connectivity index (χ1) is 6.39. The van der Waals surface area contributed by atoms with Crippen LogP contribution in [0.3, 0.4) is 0 Å². The SMILES string of the molecule is C[C@H](Cc1cccc(O)c1)P(C)(=O)O. The highest BCUT2D eigenvalue weighted by atomic mass is 31.2. The normalized spacial score (nSPS) is 17.4. The van der Waals surface area contributed by atoms with Crippen molar-refractivity contribution in [3.8, 4) is 5.75 Å². The summed E-state index contributed by atoms with van der Waals surface area (Å²) in [7, 11) is -3.02. The molecular formula is C10H15O3P. The zero-order chi connectivity index (χ0) is 10.8. The van der Waals surface area contributed by atoms with Gasteiger partial charge in [0, 0.05) is 12.3 Å². The fourth-order valence-corrected chi connectivity index (χ4v) is 1.74. The minimum absolute atomic E-state index is 0.193. The van der Waals surface area contributed by atoms with Crippen LogP contribution >= 0.6 is 7.37 Å². The lowest BCUT2D eigenvalue weighted by molar-refractivity contribution is 0.468. The monoisotopic (exact) mass is 214 g/mol. The lowest BCUT2D eigenvalue weighted by atomic mass is 10.1. The molecule has 1 rings (SSSR count). The molecule has 1 unspecified atom stereocenters. The van der Waals surface area contributed by atoms with Gasteiger partial charge < -0.3 is 10.00 Å². The predicted molar refractivity (Wildman–Crippen MR) is 57.0 cm³/mol. The Bertz CT molecular complexity index is 356. The molecule has 1 aromatic rings. The molecule has 0 aliphatic carbocycles. The van der Waals surface area contributed by atoms with Gasteiger partial charge in [-0.1, -0.05) is 19.1 Å². The summed E-state index contributed by atoms with van der Waals surface area (Å²) in [6.07, 6.45) is 0.513. The van der Waals surface area contributed by atoms with Crippen LogP contribution in [0.25, 0.3) is 0 Å². The van der Waals surface area contributed by atoms with Gasteiger partial charge in [-0.2, -0.15) is 0 Å². The van der Waals surface area contributed by atoms with Crippen LogP contribution in [0, 0.1) is 0 Å². The molecule has 0 aliphatic rings. The van der Waals surface area contributed by atoms with Crippen molar-refractivity contribution in [1.29, 1.82) is 0 Å². The fraction of sp³-hybridized carbons (Fsp3) is 0.400. The number of phenols is 1. The van der Waals surface area contributed by atoms with Crippen molar-refractivity contribution in [1.82, 2.24) is 0 Å². The molecule has 1 aromatic carbocycles. The first-order valence-electron chi connectivity index (χ1n) is 4.47. The van der Waals surface area contributed by atoms with Gasteiger partial charge in [-0.15, -0.1) is 0 Å². The predicted octanol–water partition coefficient (Wildman–Crippen LogP) is 2.22. The van der Waals surface area contributed by atoms with Gasteiger partial charge in [-0.3, -0.25) is 4.57 Å². The van der Waals surface area contributed by atoms with Crippen LogP contribution in [0.15, 0.2) is 24.3 Å². The summed E-state index contributed by atoms with van der Waals surface area (Å²) in [5.41, 5.74) is 0.609. The van der Waals surface area contributed by atoms with Crippen molar-refractivity contribution in [2.45, 2.75) is 19.0 Å². The minimum Gasteiger partial charge on any atom is -0.508 e. The van der Waals surface area contributed by atoms with E-state index in [9.17, 15) is 14.6 Å². The highest BCUT2D eigenvalue weighted by molar-refractivity contribution is 7.57. The molecule has 0 aliphatic heterocycles. The van der Waals surface area contributed by atoms with E-state index in [1.807, 2.05) is 6.07 Å². The average molecular weight is 214 g/mol. The number of rotatable bonds is 3. The van der Waals surface area contributed by atoms with Crippen molar-refractivity contribution in [3.63, 3.8) is 0 Å². The van der Waals surface area contributed by atoms with Gasteiger partial charge in [0.25, 0.3) is 0 Å². The number of benzene rings is 1. The van der Waals surface area contributed by atoms with E-state index in [1.165, 1.54) is 6.66 Å². The highest BCUT2D eigenvalue weighted by Crippen LogP contribution is 2.43. The number of hydrogen-bond donors (Lipinski definition) is 2. The second-order valence-corrected chi connectivity index (χ2v) is 6.43. The van der Waals surface area contributed by atoms with E-state index in [-0.39, 0.29) is 11.4 Å². The van der Waals surface area contributed by atoms with Crippen LogP contribution < -0.4 is 0 Å². The Labute approximate surface area is 83.9 Å². The zero-order valence-corrected chi connectivity index (χ0v) is 9.24. The summed E-state index contributed by atoms with van der Waals surface area (Å²) in [6.45, 7) is 3.10. The van der Waals surface area contributed by atoms with Crippen LogP contribution in [0.1, 0.15) is 12.5 Å². The van der Waals surface area contributed by atoms with Gasteiger partial charge in [0.15, 0.2) is 0 Å². The summed E-state index contributed by atoms with van der Waals surface area (Å²) in [5, 5.41) is 9.20. The summed E-state index contributed by atoms with van der Waals surface area (Å²) < 4.78 is 11.3. The molecule has 2 N–H and O–H groups in total. The second kappa shape index (κ2) is 4.16. The molecule has 14 heavy (non-hydrogen) atoms. The highest BCUT2D eigenvalue weighted by Gasteiger charge is 2.20. The maximum atomic E-state index is 11.3. The molecule has 0 bridgehead atoms. The average Bonchev–Trinajstić information content (AvgIpc) is 2.02. The largest absolute Gasteiger partial charge is 0.508 e. The van der Waals surface area contributed by atoms with E-state index in [1.54, 1.807) is 25.1 Å². The van der Waals surface area contributed by atoms with Crippen molar-refractivity contribution >= 4 is 7.37 Å². The van der Waals surface area contributed by atoms with Crippen molar-refractivity contribution in [3.05, 3.63) is 29.8 Å². The Morgan fingerprint density at radius 2 is 2.14 bits per heavy atom. The standard InChI is InChI=1S/C10H15O3P/c1-8(14(2,12)13)6-9-4-3-5-10(11)7-9/h3-5,7-8,11H,6H2,1-2H3,(H,12,13)/t8-/m1/s1. The van der Waals surface area contributed by atoms with Crippen LogP contribution in [0.5, 0.6) is 5.75 Å². The van der Waals surface area contributed by atoms with Crippen LogP contribution in [0.4, 0.5) is 0 Å². The molecule has 0 heterocycles. The third kappa shape index (κ3) is 3.17. The maximum Gasteiger partial charge on any atom is 0.200 e. The van der Waals surface area contributed by atoms with E-state index >= 15 is 0 Å². The van der Waals surface area contributed by atoms with E-state index in [0.717, 1.165) is 5.56 Å². The van der Waals surface area contributed by atoms with Crippen molar-refractivity contribution in [2.24, 2.45) is 0 Å². The lowest BCUT2D eigenvalue weighted by Gasteiger charge is -2.14. The van der Waals surface area contributed by atoms with Crippen LogP contribution in [-0.2, 0) is 11.0 Å². The molecule has 0 spiro atoms. The summed E-state index contributed by atoms with van der Waals surface area (Å²) in [5.74, 6) is 0.193. The van der Waals surface area contributed by atoms with Gasteiger partial charge in [0.05, 0.1) is 0 Å². The molecule has 78 valence electrons. The summed E-state index contributed by atoms with van der Waals surface area (Å²) in [6, 6.07) is 6.77.